The average Bonchev–Trinajstić information content (AvgIpc) is 3.63. The highest BCUT2D eigenvalue weighted by molar-refractivity contribution is 6.07. The van der Waals surface area contributed by atoms with E-state index in [1.807, 2.05) is 45.0 Å². The van der Waals surface area contributed by atoms with Crippen molar-refractivity contribution in [3.8, 4) is 0 Å². The first-order valence-electron chi connectivity index (χ1n) is 14.6. The molecule has 0 unspecified atom stereocenters. The van der Waals surface area contributed by atoms with E-state index in [-0.39, 0.29) is 59.9 Å². The van der Waals surface area contributed by atoms with Gasteiger partial charge in [-0.05, 0) is 68.9 Å². The molecule has 4 fully saturated rings. The van der Waals surface area contributed by atoms with Crippen molar-refractivity contribution >= 4 is 29.3 Å². The van der Waals surface area contributed by atoms with Crippen molar-refractivity contribution in [3.05, 3.63) is 41.2 Å². The fourth-order valence-corrected chi connectivity index (χ4v) is 7.90. The molecule has 1 spiro atoms. The molecule has 0 aromatic heterocycles. The summed E-state index contributed by atoms with van der Waals surface area (Å²) in [5.74, 6) is -0.780. The second kappa shape index (κ2) is 9.90. The lowest BCUT2D eigenvalue weighted by molar-refractivity contribution is -0.149. The molecule has 1 saturated heterocycles. The Hall–Kier alpha value is -3.41. The average molecular weight is 548 g/mol. The quantitative estimate of drug-likeness (QED) is 0.485. The molecule has 1 aromatic rings. The number of fused-ring (bicyclic) bond motifs is 3. The Kier molecular flexibility index (Phi) is 6.96. The lowest BCUT2D eigenvalue weighted by Crippen LogP contribution is -2.58. The minimum absolute atomic E-state index is 0.0634. The number of hydrogen-bond acceptors (Lipinski definition) is 4. The summed E-state index contributed by atoms with van der Waals surface area (Å²) in [4.78, 5) is 61.2. The van der Waals surface area contributed by atoms with Gasteiger partial charge in [-0.25, -0.2) is 6.57 Å². The zero-order chi connectivity index (χ0) is 29.0. The second-order valence-corrected chi connectivity index (χ2v) is 13.3. The largest absolute Gasteiger partial charge is 0.344 e. The number of likely N-dealkylation sites (tertiary alicyclic amines) is 1. The van der Waals surface area contributed by atoms with Gasteiger partial charge in [-0.1, -0.05) is 39.0 Å². The SMILES string of the molecule is [C-]#[N+][C@@H]1C[C@@]2(CN1C(=O)[C@H](CC(C)C)N(CC)C(=O)[C@H](C)NC(=O)C13CCC(C)(C1)C3)C(=O)Nc1ccccc12. The Bertz CT molecular complexity index is 1280. The molecule has 1 aromatic carbocycles. The van der Waals surface area contributed by atoms with Crippen LogP contribution in [0.15, 0.2) is 24.3 Å². The summed E-state index contributed by atoms with van der Waals surface area (Å²) in [6.45, 7) is 18.0. The Morgan fingerprint density at radius 3 is 2.50 bits per heavy atom. The van der Waals surface area contributed by atoms with Crippen LogP contribution in [0.5, 0.6) is 0 Å². The molecule has 9 heteroatoms. The molecule has 9 nitrogen and oxygen atoms in total. The maximum absolute atomic E-state index is 14.2. The van der Waals surface area contributed by atoms with Crippen molar-refractivity contribution in [1.82, 2.24) is 15.1 Å². The van der Waals surface area contributed by atoms with Gasteiger partial charge in [0.15, 0.2) is 0 Å². The van der Waals surface area contributed by atoms with E-state index < -0.39 is 23.7 Å². The fourth-order valence-electron chi connectivity index (χ4n) is 7.90. The Balaban J connectivity index is 1.36. The predicted molar refractivity (Wildman–Crippen MR) is 151 cm³/mol. The van der Waals surface area contributed by atoms with Crippen molar-refractivity contribution in [2.45, 2.75) is 96.8 Å². The van der Waals surface area contributed by atoms with E-state index >= 15 is 0 Å². The number of benzene rings is 1. The van der Waals surface area contributed by atoms with Gasteiger partial charge in [-0.2, -0.15) is 0 Å². The van der Waals surface area contributed by atoms with Gasteiger partial charge in [0, 0.05) is 18.8 Å². The second-order valence-electron chi connectivity index (χ2n) is 13.3. The molecule has 6 rings (SSSR count). The number of anilines is 1. The summed E-state index contributed by atoms with van der Waals surface area (Å²) in [5, 5.41) is 5.90. The van der Waals surface area contributed by atoms with Crippen molar-refractivity contribution < 1.29 is 19.2 Å². The summed E-state index contributed by atoms with van der Waals surface area (Å²) >= 11 is 0. The maximum atomic E-state index is 14.2. The van der Waals surface area contributed by atoms with Gasteiger partial charge in [-0.15, -0.1) is 0 Å². The minimum atomic E-state index is -0.982. The Morgan fingerprint density at radius 1 is 1.20 bits per heavy atom. The molecule has 5 aliphatic rings. The van der Waals surface area contributed by atoms with Crippen LogP contribution in [0.4, 0.5) is 5.69 Å². The van der Waals surface area contributed by atoms with E-state index in [2.05, 4.69) is 22.4 Å². The highest BCUT2D eigenvalue weighted by Crippen LogP contribution is 2.66. The number of hydrogen-bond donors (Lipinski definition) is 2. The van der Waals surface area contributed by atoms with Crippen molar-refractivity contribution in [2.24, 2.45) is 16.7 Å². The standard InChI is InChI=1S/C31H41N5O4/c1-7-35(25(37)20(4)33-27(39)30-13-12-29(5,16-30)17-30)23(14-19(2)3)26(38)36-18-31(15-24(36)32-6)21-10-8-9-11-22(21)34-28(31)40/h8-11,19-20,23-24H,7,12-18H2,1-5H3,(H,33,39)(H,34,40)/t20-,23-,24-,29?,30?,31-/m0/s1. The normalized spacial score (nSPS) is 31.3. The molecule has 2 bridgehead atoms. The van der Waals surface area contributed by atoms with Crippen LogP contribution in [-0.2, 0) is 24.6 Å². The Morgan fingerprint density at radius 2 is 1.90 bits per heavy atom. The summed E-state index contributed by atoms with van der Waals surface area (Å²) < 4.78 is 0. The molecular weight excluding hydrogens is 506 g/mol. The predicted octanol–water partition coefficient (Wildman–Crippen LogP) is 3.70. The highest BCUT2D eigenvalue weighted by atomic mass is 16.2. The molecule has 3 aliphatic carbocycles. The zero-order valence-corrected chi connectivity index (χ0v) is 24.3. The summed E-state index contributed by atoms with van der Waals surface area (Å²) in [6, 6.07) is 5.86. The monoisotopic (exact) mass is 547 g/mol. The van der Waals surface area contributed by atoms with Crippen LogP contribution in [0, 0.1) is 23.3 Å². The van der Waals surface area contributed by atoms with Gasteiger partial charge in [-0.3, -0.25) is 28.9 Å². The molecule has 2 aliphatic heterocycles. The number of nitrogens with zero attached hydrogens (tertiary/aromatic N) is 3. The summed E-state index contributed by atoms with van der Waals surface area (Å²) in [5.41, 5.74) is 0.427. The number of amides is 4. The van der Waals surface area contributed by atoms with Crippen LogP contribution < -0.4 is 10.6 Å². The van der Waals surface area contributed by atoms with Crippen molar-refractivity contribution in [2.75, 3.05) is 18.4 Å². The van der Waals surface area contributed by atoms with E-state index in [0.717, 1.165) is 31.2 Å². The van der Waals surface area contributed by atoms with E-state index in [9.17, 15) is 19.2 Å². The van der Waals surface area contributed by atoms with E-state index in [4.69, 9.17) is 6.57 Å². The van der Waals surface area contributed by atoms with Crippen molar-refractivity contribution in [1.29, 1.82) is 0 Å². The van der Waals surface area contributed by atoms with E-state index in [0.29, 0.717) is 12.1 Å². The van der Waals surface area contributed by atoms with Crippen LogP contribution in [0.1, 0.15) is 78.7 Å². The molecule has 3 saturated carbocycles. The van der Waals surface area contributed by atoms with Gasteiger partial charge in [0.25, 0.3) is 5.91 Å². The topological polar surface area (TPSA) is 103 Å². The first-order chi connectivity index (χ1) is 18.9. The number of carbonyl (C=O) groups is 4. The smallest absolute Gasteiger partial charge is 0.302 e. The van der Waals surface area contributed by atoms with Gasteiger partial charge in [0.05, 0.1) is 11.8 Å². The highest BCUT2D eigenvalue weighted by Gasteiger charge is 2.62. The number of para-hydroxylation sites is 1. The first-order valence-corrected chi connectivity index (χ1v) is 14.6. The lowest BCUT2D eigenvalue weighted by atomic mass is 9.61. The summed E-state index contributed by atoms with van der Waals surface area (Å²) in [7, 11) is 0. The van der Waals surface area contributed by atoms with Crippen LogP contribution >= 0.6 is 0 Å². The van der Waals surface area contributed by atoms with Crippen molar-refractivity contribution in [3.63, 3.8) is 0 Å². The van der Waals surface area contributed by atoms with E-state index in [1.54, 1.807) is 11.8 Å². The molecule has 2 N–H and O–H groups in total. The number of nitrogens with one attached hydrogen (secondary N) is 2. The maximum Gasteiger partial charge on any atom is 0.302 e. The van der Waals surface area contributed by atoms with Gasteiger partial charge < -0.3 is 15.5 Å². The third kappa shape index (κ3) is 4.36. The molecule has 214 valence electrons. The molecule has 2 heterocycles. The van der Waals surface area contributed by atoms with Crippen LogP contribution in [0.3, 0.4) is 0 Å². The first kappa shape index (κ1) is 28.1. The van der Waals surface area contributed by atoms with Gasteiger partial charge in [0.1, 0.15) is 17.5 Å². The van der Waals surface area contributed by atoms with Gasteiger partial charge >= 0.3 is 6.17 Å². The molecule has 40 heavy (non-hydrogen) atoms. The zero-order valence-electron chi connectivity index (χ0n) is 24.3. The minimum Gasteiger partial charge on any atom is -0.344 e. The van der Waals surface area contributed by atoms with E-state index in [1.165, 1.54) is 4.90 Å². The third-order valence-electron chi connectivity index (χ3n) is 9.81. The van der Waals surface area contributed by atoms with Gasteiger partial charge in [0.2, 0.25) is 17.7 Å². The molecule has 0 radical (unpaired) electrons. The van der Waals surface area contributed by atoms with Crippen LogP contribution in [-0.4, -0.2) is 64.8 Å². The molecule has 4 atom stereocenters. The Labute approximate surface area is 236 Å². The van der Waals surface area contributed by atoms with Crippen LogP contribution in [0.25, 0.3) is 4.85 Å². The molecule has 4 amide bonds. The fraction of sp³-hybridized carbons (Fsp3) is 0.645. The number of rotatable bonds is 8. The number of carbonyl (C=O) groups excluding carboxylic acids is 4. The van der Waals surface area contributed by atoms with Crippen LogP contribution in [0.2, 0.25) is 0 Å². The molecular formula is C31H41N5O4. The third-order valence-corrected chi connectivity index (χ3v) is 9.81. The summed E-state index contributed by atoms with van der Waals surface area (Å²) in [6.07, 6.45) is 3.45. The number of likely N-dealkylation sites (N-methyl/N-ethyl adjacent to an activating group) is 1. The lowest BCUT2D eigenvalue weighted by Gasteiger charge is -2.44.